The maximum Gasteiger partial charge on any atom is 0.885 e. The summed E-state index contributed by atoms with van der Waals surface area (Å²) >= 11 is -1.34. The average molecular weight is 317 g/mol. The monoisotopic (exact) mass is 317 g/mol. The molecular weight excluding hydrogens is 303 g/mol. The lowest BCUT2D eigenvalue weighted by Crippen LogP contribution is -2.43. The molecule has 21 heavy (non-hydrogen) atoms. The van der Waals surface area contributed by atoms with Crippen molar-refractivity contribution in [1.82, 2.24) is 9.80 Å². The van der Waals surface area contributed by atoms with Gasteiger partial charge in [-0.15, -0.1) is 0 Å². The Morgan fingerprint density at radius 1 is 0.952 bits per heavy atom. The Morgan fingerprint density at radius 3 is 1.67 bits per heavy atom. The van der Waals surface area contributed by atoms with E-state index in [1.54, 1.807) is 0 Å². The first-order valence-electron chi connectivity index (χ1n) is 5.95. The van der Waals surface area contributed by atoms with Gasteiger partial charge in [-0.3, -0.25) is 29.0 Å². The van der Waals surface area contributed by atoms with Gasteiger partial charge in [-0.1, -0.05) is 0 Å². The minimum absolute atomic E-state index is 0.108. The first-order valence-corrected chi connectivity index (χ1v) is 6.90. The van der Waals surface area contributed by atoms with E-state index < -0.39 is 39.8 Å². The summed E-state index contributed by atoms with van der Waals surface area (Å²) < 4.78 is 9.41. The summed E-state index contributed by atoms with van der Waals surface area (Å²) in [6.07, 6.45) is 0. The third-order valence-corrected chi connectivity index (χ3v) is 3.23. The maximum absolute atomic E-state index is 11.4. The summed E-state index contributed by atoms with van der Waals surface area (Å²) in [7, 11) is 0. The Balaban J connectivity index is 2.74. The fourth-order valence-corrected chi connectivity index (χ4v) is 2.08. The minimum Gasteiger partial charge on any atom is -0.588 e. The zero-order chi connectivity index (χ0) is 15.8. The number of carbonyl (C=O) groups excluding carboxylic acids is 2. The number of carboxylic acids is 2. The second-order valence-corrected chi connectivity index (χ2v) is 4.95. The Kier molecular flexibility index (Phi) is 7.10. The molecule has 0 aliphatic carbocycles. The SMILES string of the molecule is O=C(O)CN1CCN(CC(=O)O)CC(=O)[O][Al][O]C(=O)C1. The van der Waals surface area contributed by atoms with Gasteiger partial charge in [0.2, 0.25) is 0 Å². The normalized spacial score (nSPS) is 18.9. The first kappa shape index (κ1) is 17.4. The van der Waals surface area contributed by atoms with Gasteiger partial charge in [-0.05, 0) is 0 Å². The van der Waals surface area contributed by atoms with Crippen LogP contribution < -0.4 is 0 Å². The second-order valence-electron chi connectivity index (χ2n) is 4.28. The highest BCUT2D eigenvalue weighted by atomic mass is 27.2. The number of rotatable bonds is 4. The Labute approximate surface area is 126 Å². The molecule has 10 nitrogen and oxygen atoms in total. The van der Waals surface area contributed by atoms with Crippen molar-refractivity contribution in [2.24, 2.45) is 0 Å². The van der Waals surface area contributed by atoms with E-state index in [4.69, 9.17) is 17.8 Å². The predicted octanol–water partition coefficient (Wildman–Crippen LogP) is -2.61. The zero-order valence-electron chi connectivity index (χ0n) is 11.1. The molecule has 1 saturated heterocycles. The van der Waals surface area contributed by atoms with Crippen molar-refractivity contribution >= 4 is 39.8 Å². The smallest absolute Gasteiger partial charge is 0.588 e. The Hall–Kier alpha value is -1.67. The van der Waals surface area contributed by atoms with Crippen LogP contribution in [0.15, 0.2) is 0 Å². The van der Waals surface area contributed by atoms with Crippen LogP contribution in [0.5, 0.6) is 0 Å². The first-order chi connectivity index (χ1) is 9.86. The number of carboxylic acid groups (broad SMARTS) is 2. The van der Waals surface area contributed by atoms with Crippen LogP contribution in [-0.4, -0.2) is 99.0 Å². The van der Waals surface area contributed by atoms with Gasteiger partial charge < -0.3 is 17.8 Å². The standard InChI is InChI=1S/C10H16N2O8.Al/c13-7(14)3-11(4-8(15)16)1-2-12(5-9(17)18)6-10(19)20;/h1-6H2,(H,13,14)(H,15,16)(H,17,18)(H,19,20);/q;+2/p-2. The number of carbonyl (C=O) groups is 4. The number of hydrogen-bond acceptors (Lipinski definition) is 8. The molecule has 1 rings (SSSR count). The van der Waals surface area contributed by atoms with Crippen molar-refractivity contribution in [2.75, 3.05) is 39.3 Å². The number of hydrogen-bond donors (Lipinski definition) is 2. The van der Waals surface area contributed by atoms with E-state index in [-0.39, 0.29) is 39.3 Å². The number of nitrogens with zero attached hydrogens (tertiary/aromatic N) is 2. The van der Waals surface area contributed by atoms with Crippen LogP contribution in [0, 0.1) is 0 Å². The van der Waals surface area contributed by atoms with Crippen LogP contribution >= 0.6 is 0 Å². The van der Waals surface area contributed by atoms with Gasteiger partial charge in [0.05, 0.1) is 26.2 Å². The molecule has 1 fully saturated rings. The molecule has 0 bridgehead atoms. The Bertz CT molecular complexity index is 391. The van der Waals surface area contributed by atoms with Gasteiger partial charge in [0.15, 0.2) is 0 Å². The lowest BCUT2D eigenvalue weighted by Gasteiger charge is -2.23. The van der Waals surface area contributed by atoms with Crippen LogP contribution in [0.25, 0.3) is 0 Å². The molecule has 0 saturated carbocycles. The third-order valence-electron chi connectivity index (χ3n) is 2.51. The van der Waals surface area contributed by atoms with Crippen molar-refractivity contribution in [1.29, 1.82) is 0 Å². The molecular formula is C10H14AlN2O8. The molecule has 0 unspecified atom stereocenters. The van der Waals surface area contributed by atoms with Crippen molar-refractivity contribution in [3.63, 3.8) is 0 Å². The molecule has 1 radical (unpaired) electrons. The molecule has 11 heteroatoms. The highest BCUT2D eigenvalue weighted by Crippen LogP contribution is 1.98. The maximum atomic E-state index is 11.4. The second kappa shape index (κ2) is 8.58. The topological polar surface area (TPSA) is 134 Å². The lowest BCUT2D eigenvalue weighted by molar-refractivity contribution is -0.142. The number of aliphatic carboxylic acids is 2. The summed E-state index contributed by atoms with van der Waals surface area (Å²) in [6.45, 7) is -1.09. The summed E-state index contributed by atoms with van der Waals surface area (Å²) in [5, 5.41) is 17.5. The third kappa shape index (κ3) is 7.62. The summed E-state index contributed by atoms with van der Waals surface area (Å²) in [4.78, 5) is 46.9. The summed E-state index contributed by atoms with van der Waals surface area (Å²) in [5.74, 6) is -3.62. The molecule has 1 heterocycles. The highest BCUT2D eigenvalue weighted by Gasteiger charge is 2.23. The van der Waals surface area contributed by atoms with Crippen molar-refractivity contribution in [3.8, 4) is 0 Å². The molecule has 115 valence electrons. The van der Waals surface area contributed by atoms with Crippen molar-refractivity contribution in [2.45, 2.75) is 0 Å². The van der Waals surface area contributed by atoms with Crippen LogP contribution in [0.3, 0.4) is 0 Å². The molecule has 1 aliphatic rings. The van der Waals surface area contributed by atoms with E-state index in [2.05, 4.69) is 0 Å². The zero-order valence-corrected chi connectivity index (χ0v) is 12.2. The molecule has 0 atom stereocenters. The largest absolute Gasteiger partial charge is 0.885 e. The van der Waals surface area contributed by atoms with Gasteiger partial charge in [-0.2, -0.15) is 0 Å². The lowest BCUT2D eigenvalue weighted by atomic mass is 10.4. The van der Waals surface area contributed by atoms with Crippen molar-refractivity contribution in [3.05, 3.63) is 0 Å². The molecule has 0 spiro atoms. The highest BCUT2D eigenvalue weighted by molar-refractivity contribution is 6.26. The summed E-state index contributed by atoms with van der Waals surface area (Å²) in [6, 6.07) is 0. The van der Waals surface area contributed by atoms with Crippen LogP contribution in [0.1, 0.15) is 0 Å². The molecule has 1 aliphatic heterocycles. The predicted molar refractivity (Wildman–Crippen MR) is 66.1 cm³/mol. The fraction of sp³-hybridized carbons (Fsp3) is 0.600. The average Bonchev–Trinajstić information content (AvgIpc) is 2.35. The van der Waals surface area contributed by atoms with Gasteiger partial charge in [0.1, 0.15) is 0 Å². The molecule has 0 aromatic carbocycles. The van der Waals surface area contributed by atoms with Gasteiger partial charge in [0.25, 0.3) is 11.9 Å². The summed E-state index contributed by atoms with van der Waals surface area (Å²) in [5.41, 5.74) is 0. The van der Waals surface area contributed by atoms with Crippen LogP contribution in [-0.2, 0) is 26.8 Å². The molecule has 2 N–H and O–H groups in total. The molecule has 0 amide bonds. The van der Waals surface area contributed by atoms with Gasteiger partial charge in [-0.25, -0.2) is 0 Å². The van der Waals surface area contributed by atoms with Crippen molar-refractivity contribution < 1.29 is 37.0 Å². The van der Waals surface area contributed by atoms with E-state index in [9.17, 15) is 19.2 Å². The molecule has 0 aromatic rings. The van der Waals surface area contributed by atoms with E-state index >= 15 is 0 Å². The Morgan fingerprint density at radius 2 is 1.33 bits per heavy atom. The quantitative estimate of drug-likeness (QED) is 0.531. The van der Waals surface area contributed by atoms with E-state index in [1.165, 1.54) is 9.80 Å². The van der Waals surface area contributed by atoms with Crippen LogP contribution in [0.2, 0.25) is 0 Å². The van der Waals surface area contributed by atoms with E-state index in [0.29, 0.717) is 0 Å². The molecule has 0 aromatic heterocycles. The van der Waals surface area contributed by atoms with Gasteiger partial charge >= 0.3 is 27.8 Å². The van der Waals surface area contributed by atoms with Gasteiger partial charge in [0, 0.05) is 13.1 Å². The van der Waals surface area contributed by atoms with E-state index in [0.717, 1.165) is 0 Å². The van der Waals surface area contributed by atoms with Crippen LogP contribution in [0.4, 0.5) is 0 Å². The minimum atomic E-state index is -1.34. The van der Waals surface area contributed by atoms with E-state index in [1.807, 2.05) is 0 Å². The fourth-order valence-electron chi connectivity index (χ4n) is 1.66.